The van der Waals surface area contributed by atoms with Crippen molar-refractivity contribution in [2.24, 2.45) is 5.73 Å². The van der Waals surface area contributed by atoms with E-state index in [2.05, 4.69) is 48.0 Å². The summed E-state index contributed by atoms with van der Waals surface area (Å²) < 4.78 is 0. The van der Waals surface area contributed by atoms with Gasteiger partial charge in [0, 0.05) is 30.9 Å². The largest absolute Gasteiger partial charge is 0.367 e. The minimum Gasteiger partial charge on any atom is -0.367 e. The normalized spacial score (nSPS) is 23.2. The standard InChI is InChI=1S/C16H27N3/c1-4-15-12-18(3)10-5-11-19(15)16-8-6-14(7-9-16)13(2)17/h6-9,13,15H,4-5,10-12,17H2,1-3H3/t13-,15?/m0/s1. The van der Waals surface area contributed by atoms with E-state index in [-0.39, 0.29) is 6.04 Å². The van der Waals surface area contributed by atoms with E-state index in [9.17, 15) is 0 Å². The van der Waals surface area contributed by atoms with Crippen molar-refractivity contribution in [3.05, 3.63) is 29.8 Å². The van der Waals surface area contributed by atoms with Crippen LogP contribution in [-0.4, -0.2) is 37.6 Å². The highest BCUT2D eigenvalue weighted by atomic mass is 15.2. The molecule has 1 aromatic carbocycles. The molecule has 1 aliphatic rings. The molecule has 3 heteroatoms. The summed E-state index contributed by atoms with van der Waals surface area (Å²) in [6.45, 7) is 7.83. The van der Waals surface area contributed by atoms with Crippen LogP contribution in [0.4, 0.5) is 5.69 Å². The molecule has 0 radical (unpaired) electrons. The molecule has 0 aromatic heterocycles. The Hall–Kier alpha value is -1.06. The molecule has 0 spiro atoms. The van der Waals surface area contributed by atoms with E-state index < -0.39 is 0 Å². The van der Waals surface area contributed by atoms with E-state index >= 15 is 0 Å². The minimum atomic E-state index is 0.117. The lowest BCUT2D eigenvalue weighted by Crippen LogP contribution is -2.39. The molecule has 19 heavy (non-hydrogen) atoms. The lowest BCUT2D eigenvalue weighted by atomic mass is 10.1. The first-order valence-corrected chi connectivity index (χ1v) is 7.42. The fourth-order valence-electron chi connectivity index (χ4n) is 2.90. The van der Waals surface area contributed by atoms with Gasteiger partial charge in [0.1, 0.15) is 0 Å². The quantitative estimate of drug-likeness (QED) is 0.908. The predicted octanol–water partition coefficient (Wildman–Crippen LogP) is 2.63. The number of hydrogen-bond acceptors (Lipinski definition) is 3. The summed E-state index contributed by atoms with van der Waals surface area (Å²) in [5, 5.41) is 0. The Morgan fingerprint density at radius 1 is 1.26 bits per heavy atom. The summed E-state index contributed by atoms with van der Waals surface area (Å²) in [7, 11) is 2.23. The lowest BCUT2D eigenvalue weighted by Gasteiger charge is -2.32. The molecule has 1 aliphatic heterocycles. The fraction of sp³-hybridized carbons (Fsp3) is 0.625. The summed E-state index contributed by atoms with van der Waals surface area (Å²) in [5.41, 5.74) is 8.47. The topological polar surface area (TPSA) is 32.5 Å². The van der Waals surface area contributed by atoms with Crippen molar-refractivity contribution in [3.63, 3.8) is 0 Å². The molecule has 1 aromatic rings. The second-order valence-corrected chi connectivity index (χ2v) is 5.75. The zero-order valence-corrected chi connectivity index (χ0v) is 12.5. The van der Waals surface area contributed by atoms with Crippen LogP contribution in [0.3, 0.4) is 0 Å². The van der Waals surface area contributed by atoms with Crippen LogP contribution in [-0.2, 0) is 0 Å². The molecular formula is C16H27N3. The van der Waals surface area contributed by atoms with Gasteiger partial charge >= 0.3 is 0 Å². The van der Waals surface area contributed by atoms with E-state index in [1.807, 2.05) is 6.92 Å². The zero-order valence-electron chi connectivity index (χ0n) is 12.5. The summed E-state index contributed by atoms with van der Waals surface area (Å²) in [6.07, 6.45) is 2.43. The molecule has 2 N–H and O–H groups in total. The molecular weight excluding hydrogens is 234 g/mol. The number of hydrogen-bond donors (Lipinski definition) is 1. The first-order valence-electron chi connectivity index (χ1n) is 7.42. The maximum absolute atomic E-state index is 5.92. The van der Waals surface area contributed by atoms with Crippen molar-refractivity contribution in [1.82, 2.24) is 4.90 Å². The maximum Gasteiger partial charge on any atom is 0.0414 e. The van der Waals surface area contributed by atoms with E-state index in [0.29, 0.717) is 6.04 Å². The Morgan fingerprint density at radius 3 is 2.53 bits per heavy atom. The van der Waals surface area contributed by atoms with E-state index in [1.165, 1.54) is 30.6 Å². The Bertz CT molecular complexity index is 385. The Morgan fingerprint density at radius 2 is 1.95 bits per heavy atom. The van der Waals surface area contributed by atoms with Crippen LogP contribution in [0.5, 0.6) is 0 Å². The average molecular weight is 261 g/mol. The molecule has 1 heterocycles. The zero-order chi connectivity index (χ0) is 13.8. The number of rotatable bonds is 3. The second-order valence-electron chi connectivity index (χ2n) is 5.75. The highest BCUT2D eigenvalue weighted by molar-refractivity contribution is 5.49. The molecule has 1 saturated heterocycles. The molecule has 3 nitrogen and oxygen atoms in total. The van der Waals surface area contributed by atoms with Gasteiger partial charge in [-0.2, -0.15) is 0 Å². The van der Waals surface area contributed by atoms with Crippen molar-refractivity contribution in [2.45, 2.75) is 38.8 Å². The number of anilines is 1. The van der Waals surface area contributed by atoms with Crippen LogP contribution in [0, 0.1) is 0 Å². The SMILES string of the molecule is CCC1CN(C)CCCN1c1ccc([C@H](C)N)cc1. The number of nitrogens with zero attached hydrogens (tertiary/aromatic N) is 2. The van der Waals surface area contributed by atoms with E-state index in [4.69, 9.17) is 5.73 Å². The molecule has 1 unspecified atom stereocenters. The van der Waals surface area contributed by atoms with Crippen molar-refractivity contribution in [3.8, 4) is 0 Å². The fourth-order valence-corrected chi connectivity index (χ4v) is 2.90. The van der Waals surface area contributed by atoms with Crippen molar-refractivity contribution < 1.29 is 0 Å². The Balaban J connectivity index is 2.17. The van der Waals surface area contributed by atoms with Gasteiger partial charge in [0.05, 0.1) is 0 Å². The van der Waals surface area contributed by atoms with Gasteiger partial charge in [-0.15, -0.1) is 0 Å². The van der Waals surface area contributed by atoms with Gasteiger partial charge in [-0.3, -0.25) is 0 Å². The third-order valence-electron chi connectivity index (χ3n) is 4.12. The second kappa shape index (κ2) is 6.40. The molecule has 0 amide bonds. The van der Waals surface area contributed by atoms with Crippen LogP contribution in [0.1, 0.15) is 38.3 Å². The number of benzene rings is 1. The first kappa shape index (κ1) is 14.4. The van der Waals surface area contributed by atoms with Crippen LogP contribution in [0.25, 0.3) is 0 Å². The highest BCUT2D eigenvalue weighted by Gasteiger charge is 2.22. The molecule has 106 valence electrons. The van der Waals surface area contributed by atoms with Crippen LogP contribution >= 0.6 is 0 Å². The van der Waals surface area contributed by atoms with Gasteiger partial charge < -0.3 is 15.5 Å². The van der Waals surface area contributed by atoms with Crippen molar-refractivity contribution in [2.75, 3.05) is 31.6 Å². The smallest absolute Gasteiger partial charge is 0.0414 e. The first-order chi connectivity index (χ1) is 9.11. The molecule has 0 bridgehead atoms. The van der Waals surface area contributed by atoms with Crippen LogP contribution in [0.2, 0.25) is 0 Å². The van der Waals surface area contributed by atoms with Gasteiger partial charge in [0.15, 0.2) is 0 Å². The van der Waals surface area contributed by atoms with E-state index in [1.54, 1.807) is 0 Å². The van der Waals surface area contributed by atoms with Gasteiger partial charge in [-0.25, -0.2) is 0 Å². The Kier molecular flexibility index (Phi) is 4.83. The van der Waals surface area contributed by atoms with Crippen molar-refractivity contribution in [1.29, 1.82) is 0 Å². The van der Waals surface area contributed by atoms with Crippen molar-refractivity contribution >= 4 is 5.69 Å². The third-order valence-corrected chi connectivity index (χ3v) is 4.12. The lowest BCUT2D eigenvalue weighted by molar-refractivity contribution is 0.328. The molecule has 1 fully saturated rings. The van der Waals surface area contributed by atoms with Crippen LogP contribution in [0.15, 0.2) is 24.3 Å². The van der Waals surface area contributed by atoms with Gasteiger partial charge in [-0.05, 0) is 51.1 Å². The Labute approximate surface area is 117 Å². The average Bonchev–Trinajstić information content (AvgIpc) is 2.60. The van der Waals surface area contributed by atoms with Gasteiger partial charge in [0.2, 0.25) is 0 Å². The summed E-state index contributed by atoms with van der Waals surface area (Å²) in [6, 6.07) is 9.53. The van der Waals surface area contributed by atoms with Gasteiger partial charge in [-0.1, -0.05) is 19.1 Å². The summed E-state index contributed by atoms with van der Waals surface area (Å²) in [5.74, 6) is 0. The monoisotopic (exact) mass is 261 g/mol. The maximum atomic E-state index is 5.92. The highest BCUT2D eigenvalue weighted by Crippen LogP contribution is 2.23. The number of likely N-dealkylation sites (N-methyl/N-ethyl adjacent to an activating group) is 1. The molecule has 0 aliphatic carbocycles. The van der Waals surface area contributed by atoms with Crippen LogP contribution < -0.4 is 10.6 Å². The summed E-state index contributed by atoms with van der Waals surface area (Å²) in [4.78, 5) is 5.01. The predicted molar refractivity (Wildman–Crippen MR) is 82.6 cm³/mol. The van der Waals surface area contributed by atoms with Gasteiger partial charge in [0.25, 0.3) is 0 Å². The third kappa shape index (κ3) is 3.48. The number of nitrogens with two attached hydrogens (primary N) is 1. The minimum absolute atomic E-state index is 0.117. The molecule has 2 atom stereocenters. The molecule has 0 saturated carbocycles. The summed E-state index contributed by atoms with van der Waals surface area (Å²) >= 11 is 0. The molecule has 2 rings (SSSR count). The van der Waals surface area contributed by atoms with E-state index in [0.717, 1.165) is 13.1 Å².